The molecule has 6 nitrogen and oxygen atoms in total. The van der Waals surface area contributed by atoms with Gasteiger partial charge in [0.15, 0.2) is 0 Å². The minimum absolute atomic E-state index is 0.0908. The molecule has 1 aliphatic rings. The Bertz CT molecular complexity index is 397. The van der Waals surface area contributed by atoms with E-state index in [4.69, 9.17) is 10.5 Å². The van der Waals surface area contributed by atoms with E-state index < -0.39 is 0 Å². The lowest BCUT2D eigenvalue weighted by Crippen LogP contribution is -2.42. The molecule has 0 bridgehead atoms. The number of anilines is 1. The standard InChI is InChI=1S/C12H20N4O2/c1-2-18-11-3-5-15(6-4-11)12(17)9-16-8-10(13)7-14-16/h7-8,11H,2-6,9,13H2,1H3. The Morgan fingerprint density at radius 3 is 2.83 bits per heavy atom. The largest absolute Gasteiger partial charge is 0.396 e. The fourth-order valence-electron chi connectivity index (χ4n) is 2.21. The topological polar surface area (TPSA) is 73.4 Å². The first-order valence-electron chi connectivity index (χ1n) is 6.36. The number of carbonyl (C=O) groups excluding carboxylic acids is 1. The van der Waals surface area contributed by atoms with Crippen molar-refractivity contribution in [2.24, 2.45) is 0 Å². The summed E-state index contributed by atoms with van der Waals surface area (Å²) in [4.78, 5) is 13.9. The first-order chi connectivity index (χ1) is 8.69. The van der Waals surface area contributed by atoms with Crippen LogP contribution in [0, 0.1) is 0 Å². The fraction of sp³-hybridized carbons (Fsp3) is 0.667. The number of amides is 1. The highest BCUT2D eigenvalue weighted by molar-refractivity contribution is 5.76. The number of ether oxygens (including phenoxy) is 1. The van der Waals surface area contributed by atoms with Crippen molar-refractivity contribution < 1.29 is 9.53 Å². The van der Waals surface area contributed by atoms with E-state index in [0.29, 0.717) is 11.8 Å². The van der Waals surface area contributed by atoms with Crippen LogP contribution in [0.3, 0.4) is 0 Å². The molecule has 100 valence electrons. The summed E-state index contributed by atoms with van der Waals surface area (Å²) in [7, 11) is 0. The molecule has 1 amide bonds. The summed E-state index contributed by atoms with van der Waals surface area (Å²) in [6.07, 6.45) is 5.36. The number of likely N-dealkylation sites (tertiary alicyclic amines) is 1. The molecule has 0 aliphatic carbocycles. The van der Waals surface area contributed by atoms with E-state index in [0.717, 1.165) is 32.5 Å². The molecule has 2 heterocycles. The molecule has 0 atom stereocenters. The summed E-state index contributed by atoms with van der Waals surface area (Å²) in [5, 5.41) is 4.01. The molecule has 6 heteroatoms. The molecule has 1 aromatic heterocycles. The maximum atomic E-state index is 12.0. The van der Waals surface area contributed by atoms with Gasteiger partial charge in [0.1, 0.15) is 6.54 Å². The van der Waals surface area contributed by atoms with Gasteiger partial charge in [0, 0.05) is 25.9 Å². The van der Waals surface area contributed by atoms with Crippen molar-refractivity contribution in [2.75, 3.05) is 25.4 Å². The van der Waals surface area contributed by atoms with Crippen molar-refractivity contribution in [3.63, 3.8) is 0 Å². The van der Waals surface area contributed by atoms with Crippen LogP contribution in [-0.4, -0.2) is 46.4 Å². The van der Waals surface area contributed by atoms with Gasteiger partial charge < -0.3 is 15.4 Å². The Hall–Kier alpha value is -1.56. The second-order valence-electron chi connectivity index (χ2n) is 4.51. The molecule has 0 aromatic carbocycles. The third-order valence-electron chi connectivity index (χ3n) is 3.15. The van der Waals surface area contributed by atoms with Gasteiger partial charge in [-0.2, -0.15) is 5.10 Å². The van der Waals surface area contributed by atoms with Gasteiger partial charge in [0.05, 0.1) is 18.0 Å². The van der Waals surface area contributed by atoms with Crippen LogP contribution in [0.4, 0.5) is 5.69 Å². The summed E-state index contributed by atoms with van der Waals surface area (Å²) in [6.45, 7) is 4.53. The Morgan fingerprint density at radius 1 is 1.56 bits per heavy atom. The van der Waals surface area contributed by atoms with Gasteiger partial charge in [-0.25, -0.2) is 0 Å². The van der Waals surface area contributed by atoms with Gasteiger partial charge in [0.25, 0.3) is 0 Å². The van der Waals surface area contributed by atoms with E-state index in [1.165, 1.54) is 0 Å². The average molecular weight is 252 g/mol. The van der Waals surface area contributed by atoms with Gasteiger partial charge >= 0.3 is 0 Å². The van der Waals surface area contributed by atoms with Crippen molar-refractivity contribution >= 4 is 11.6 Å². The van der Waals surface area contributed by atoms with Gasteiger partial charge in [-0.05, 0) is 19.8 Å². The number of aromatic nitrogens is 2. The van der Waals surface area contributed by atoms with E-state index >= 15 is 0 Å². The van der Waals surface area contributed by atoms with E-state index in [2.05, 4.69) is 5.10 Å². The molecule has 1 aliphatic heterocycles. The molecule has 2 rings (SSSR count). The quantitative estimate of drug-likeness (QED) is 0.846. The average Bonchev–Trinajstić information content (AvgIpc) is 2.76. The number of carbonyl (C=O) groups is 1. The van der Waals surface area contributed by atoms with Crippen LogP contribution >= 0.6 is 0 Å². The lowest BCUT2D eigenvalue weighted by atomic mass is 10.1. The SMILES string of the molecule is CCOC1CCN(C(=O)Cn2cc(N)cn2)CC1. The van der Waals surface area contributed by atoms with Crippen LogP contribution in [0.15, 0.2) is 12.4 Å². The van der Waals surface area contributed by atoms with Crippen molar-refractivity contribution in [1.82, 2.24) is 14.7 Å². The predicted molar refractivity (Wildman–Crippen MR) is 67.9 cm³/mol. The van der Waals surface area contributed by atoms with Crippen LogP contribution in [0.2, 0.25) is 0 Å². The Labute approximate surface area is 107 Å². The molecule has 1 aromatic rings. The first kappa shape index (κ1) is 12.9. The smallest absolute Gasteiger partial charge is 0.244 e. The normalized spacial score (nSPS) is 17.1. The summed E-state index contributed by atoms with van der Waals surface area (Å²) >= 11 is 0. The Morgan fingerprint density at radius 2 is 2.28 bits per heavy atom. The van der Waals surface area contributed by atoms with Gasteiger partial charge in [-0.1, -0.05) is 0 Å². The Balaban J connectivity index is 1.80. The summed E-state index contributed by atoms with van der Waals surface area (Å²) in [6, 6.07) is 0. The molecule has 1 fully saturated rings. The number of hydrogen-bond acceptors (Lipinski definition) is 4. The minimum Gasteiger partial charge on any atom is -0.396 e. The lowest BCUT2D eigenvalue weighted by Gasteiger charge is -2.31. The number of nitrogens with two attached hydrogens (primary N) is 1. The second-order valence-corrected chi connectivity index (χ2v) is 4.51. The van der Waals surface area contributed by atoms with E-state index in [9.17, 15) is 4.79 Å². The van der Waals surface area contributed by atoms with Crippen molar-refractivity contribution in [2.45, 2.75) is 32.4 Å². The zero-order chi connectivity index (χ0) is 13.0. The molecule has 0 radical (unpaired) electrons. The van der Waals surface area contributed by atoms with Crippen molar-refractivity contribution in [3.05, 3.63) is 12.4 Å². The predicted octanol–water partition coefficient (Wildman–Crippen LogP) is 0.493. The van der Waals surface area contributed by atoms with Gasteiger partial charge in [0.2, 0.25) is 5.91 Å². The van der Waals surface area contributed by atoms with Crippen LogP contribution < -0.4 is 5.73 Å². The van der Waals surface area contributed by atoms with Crippen LogP contribution in [-0.2, 0) is 16.1 Å². The molecular weight excluding hydrogens is 232 g/mol. The monoisotopic (exact) mass is 252 g/mol. The van der Waals surface area contributed by atoms with Crippen LogP contribution in [0.25, 0.3) is 0 Å². The summed E-state index contributed by atoms with van der Waals surface area (Å²) < 4.78 is 7.14. The number of nitrogen functional groups attached to an aromatic ring is 1. The lowest BCUT2D eigenvalue weighted by molar-refractivity contribution is -0.134. The van der Waals surface area contributed by atoms with Crippen LogP contribution in [0.5, 0.6) is 0 Å². The number of hydrogen-bond donors (Lipinski definition) is 1. The number of nitrogens with zero attached hydrogens (tertiary/aromatic N) is 3. The highest BCUT2D eigenvalue weighted by Gasteiger charge is 2.22. The molecule has 1 saturated heterocycles. The molecule has 2 N–H and O–H groups in total. The maximum absolute atomic E-state index is 12.0. The molecule has 18 heavy (non-hydrogen) atoms. The molecule has 0 spiro atoms. The maximum Gasteiger partial charge on any atom is 0.244 e. The Kier molecular flexibility index (Phi) is 4.19. The molecular formula is C12H20N4O2. The number of rotatable bonds is 4. The van der Waals surface area contributed by atoms with E-state index in [1.54, 1.807) is 17.1 Å². The van der Waals surface area contributed by atoms with E-state index in [-0.39, 0.29) is 12.5 Å². The highest BCUT2D eigenvalue weighted by Crippen LogP contribution is 2.14. The third-order valence-corrected chi connectivity index (χ3v) is 3.15. The van der Waals surface area contributed by atoms with Crippen LogP contribution in [0.1, 0.15) is 19.8 Å². The molecule has 0 unspecified atom stereocenters. The number of piperidine rings is 1. The van der Waals surface area contributed by atoms with Gasteiger partial charge in [-0.3, -0.25) is 9.48 Å². The van der Waals surface area contributed by atoms with Crippen molar-refractivity contribution in [1.29, 1.82) is 0 Å². The summed E-state index contributed by atoms with van der Waals surface area (Å²) in [5.74, 6) is 0.0908. The van der Waals surface area contributed by atoms with E-state index in [1.807, 2.05) is 11.8 Å². The minimum atomic E-state index is 0.0908. The zero-order valence-electron chi connectivity index (χ0n) is 10.7. The zero-order valence-corrected chi connectivity index (χ0v) is 10.7. The first-order valence-corrected chi connectivity index (χ1v) is 6.36. The molecule has 0 saturated carbocycles. The summed E-state index contributed by atoms with van der Waals surface area (Å²) in [5.41, 5.74) is 6.14. The third kappa shape index (κ3) is 3.22. The highest BCUT2D eigenvalue weighted by atomic mass is 16.5. The van der Waals surface area contributed by atoms with Gasteiger partial charge in [-0.15, -0.1) is 0 Å². The fourth-order valence-corrected chi connectivity index (χ4v) is 2.21. The van der Waals surface area contributed by atoms with Crippen molar-refractivity contribution in [3.8, 4) is 0 Å². The second kappa shape index (κ2) is 5.86.